The Labute approximate surface area is 370 Å². The van der Waals surface area contributed by atoms with Crippen molar-refractivity contribution in [3.8, 4) is 0 Å². The molecule has 66 heavy (non-hydrogen) atoms. The SMILES string of the molecule is O=C([O-])[C@H]1O[C@@H](O[C@H]2[C@H](OS(=O)(=O)[O-])[C@@H](NS(=O)(=O)[O-])[C@@H](OCCNS(=O)(=O)[O-])O[C@@H]2COS(=O)(=O)[O-])[C@H](O)[C@@H](O)[C@@H]1O[C@H]1O[C@H](COS(=O)(=O)[O-])[C@@H](O)[C@H](OS(=O)(=O)[O-])[C@H]1NS(=O)(=O)[O-]. The van der Waals surface area contributed by atoms with E-state index in [9.17, 15) is 116 Å². The molecular formula is C20H29N3O36S7-8. The van der Waals surface area contributed by atoms with Crippen molar-refractivity contribution < 1.29 is 161 Å². The second kappa shape index (κ2) is 22.1. The average molecular weight is 1110 g/mol. The summed E-state index contributed by atoms with van der Waals surface area (Å²) in [4.78, 5) is 12.4. The number of rotatable bonds is 24. The first-order valence-corrected chi connectivity index (χ1v) is 26.0. The fraction of sp³-hybridized carbons (Fsp3) is 0.950. The summed E-state index contributed by atoms with van der Waals surface area (Å²) in [6.45, 7) is -5.68. The highest BCUT2D eigenvalue weighted by molar-refractivity contribution is 7.84. The van der Waals surface area contributed by atoms with Crippen molar-refractivity contribution in [2.24, 2.45) is 0 Å². The fourth-order valence-corrected chi connectivity index (χ4v) is 8.94. The first-order chi connectivity index (χ1) is 29.6. The van der Waals surface area contributed by atoms with E-state index < -0.39 is 197 Å². The van der Waals surface area contributed by atoms with E-state index in [0.717, 1.165) is 9.44 Å². The van der Waals surface area contributed by atoms with Gasteiger partial charge in [0.05, 0.1) is 25.8 Å². The molecule has 3 heterocycles. The Morgan fingerprint density at radius 1 is 0.515 bits per heavy atom. The monoisotopic (exact) mass is 1110 g/mol. The number of aliphatic hydroxyl groups is 3. The molecular weight excluding hydrogens is 1080 g/mol. The molecule has 0 unspecified atom stereocenters. The molecule has 0 radical (unpaired) electrons. The number of ether oxygens (including phenoxy) is 6. The van der Waals surface area contributed by atoms with E-state index in [0.29, 0.717) is 0 Å². The average Bonchev–Trinajstić information content (AvgIpc) is 3.09. The molecule has 15 atom stereocenters. The molecule has 390 valence electrons. The van der Waals surface area contributed by atoms with Crippen molar-refractivity contribution >= 4 is 78.5 Å². The standard InChI is InChI=1S/C20H37N3O36S7/c24-9-5(3-51-63(38,39)40)53-19(7(22-61(32,33)34)13(9)58-65(44,45)46)56-15-10(25)11(26)20(57-16(15)17(27)28)55-12-6(4-52-64(41,42)43)54-18(50-2-1-21-60(29,30)31)8(23-62(35,36)37)14(12)59-66(47,48)49/h5-16,18-26H,1-4H2,(H,27,28)(H,29,30,31)(H,32,33,34)(H,35,36,37)(H,38,39,40)(H,41,42,43)(H,44,45,46)(H,47,48,49)/p-8/t5-,6-,7-,8-,9-,10-,11-,12-,13-,14-,15+,16+,18+,19-,20-/m1/s1. The van der Waals surface area contributed by atoms with Crippen LogP contribution in [0.5, 0.6) is 0 Å². The Morgan fingerprint density at radius 3 is 1.42 bits per heavy atom. The van der Waals surface area contributed by atoms with Crippen molar-refractivity contribution in [2.75, 3.05) is 26.4 Å². The van der Waals surface area contributed by atoms with Crippen LogP contribution < -0.4 is 19.3 Å². The molecule has 3 saturated heterocycles. The van der Waals surface area contributed by atoms with Crippen molar-refractivity contribution in [1.29, 1.82) is 0 Å². The number of carbonyl (C=O) groups excluding carboxylic acids is 1. The van der Waals surface area contributed by atoms with Crippen molar-refractivity contribution in [1.82, 2.24) is 14.2 Å². The van der Waals surface area contributed by atoms with Crippen LogP contribution >= 0.6 is 0 Å². The van der Waals surface area contributed by atoms with Gasteiger partial charge in [-0.15, -0.1) is 0 Å². The van der Waals surface area contributed by atoms with E-state index in [1.807, 2.05) is 0 Å². The highest BCUT2D eigenvalue weighted by atomic mass is 32.3. The lowest BCUT2D eigenvalue weighted by Gasteiger charge is -2.50. The highest BCUT2D eigenvalue weighted by Crippen LogP contribution is 2.35. The number of carboxylic acid groups (broad SMARTS) is 1. The van der Waals surface area contributed by atoms with Crippen LogP contribution in [0.1, 0.15) is 0 Å². The minimum absolute atomic E-state index is 1.00. The zero-order valence-electron chi connectivity index (χ0n) is 31.2. The summed E-state index contributed by atoms with van der Waals surface area (Å²) in [6.07, 6.45) is -37.6. The number of nitrogens with one attached hydrogen (secondary N) is 3. The third kappa shape index (κ3) is 19.2. The molecule has 3 fully saturated rings. The van der Waals surface area contributed by atoms with E-state index in [4.69, 9.17) is 28.4 Å². The number of aliphatic hydroxyl groups excluding tert-OH is 3. The fourth-order valence-electron chi connectivity index (χ4n) is 5.84. The molecule has 46 heteroatoms. The van der Waals surface area contributed by atoms with Crippen molar-refractivity contribution in [3.05, 3.63) is 0 Å². The normalized spacial score (nSPS) is 34.5. The smallest absolute Gasteiger partial charge is 0.218 e. The second-order valence-electron chi connectivity index (χ2n) is 12.7. The quantitative estimate of drug-likeness (QED) is 0.0297. The van der Waals surface area contributed by atoms with Gasteiger partial charge in [-0.05, 0) is 0 Å². The molecule has 3 aliphatic heterocycles. The summed E-state index contributed by atoms with van der Waals surface area (Å²) in [5.74, 6) is -2.64. The predicted molar refractivity (Wildman–Crippen MR) is 176 cm³/mol. The molecule has 0 amide bonds. The molecule has 0 saturated carbocycles. The van der Waals surface area contributed by atoms with Gasteiger partial charge < -0.3 is 85.5 Å². The summed E-state index contributed by atoms with van der Waals surface area (Å²) in [6, 6.07) is -5.74. The summed E-state index contributed by atoms with van der Waals surface area (Å²) in [7, 11) is -41.3. The molecule has 0 aromatic carbocycles. The maximum atomic E-state index is 12.4. The zero-order valence-corrected chi connectivity index (χ0v) is 36.9. The Balaban J connectivity index is 2.13. The molecule has 0 aromatic heterocycles. The molecule has 0 aromatic rings. The number of hydrogen-bond acceptors (Lipinski definition) is 36. The third-order valence-corrected chi connectivity index (χ3v) is 11.6. The molecule has 6 N–H and O–H groups in total. The van der Waals surface area contributed by atoms with Crippen LogP contribution in [0.4, 0.5) is 0 Å². The summed E-state index contributed by atoms with van der Waals surface area (Å²) >= 11 is 0. The molecule has 0 spiro atoms. The van der Waals surface area contributed by atoms with Gasteiger partial charge in [0.1, 0.15) is 73.1 Å². The van der Waals surface area contributed by atoms with E-state index in [1.54, 1.807) is 0 Å². The molecule has 0 aliphatic carbocycles. The number of carboxylic acids is 1. The zero-order chi connectivity index (χ0) is 50.8. The number of carbonyl (C=O) groups is 1. The Morgan fingerprint density at radius 2 is 0.970 bits per heavy atom. The number of aliphatic carboxylic acids is 1. The Hall–Kier alpha value is -1.80. The summed E-state index contributed by atoms with van der Waals surface area (Å²) < 4.78 is 291. The van der Waals surface area contributed by atoms with Gasteiger partial charge in [-0.3, -0.25) is 16.7 Å². The summed E-state index contributed by atoms with van der Waals surface area (Å²) in [5, 5.41) is 45.2. The molecule has 0 bridgehead atoms. The van der Waals surface area contributed by atoms with Crippen LogP contribution in [0.2, 0.25) is 0 Å². The maximum absolute atomic E-state index is 12.4. The lowest BCUT2D eigenvalue weighted by Crippen LogP contribution is -2.70. The van der Waals surface area contributed by atoms with Crippen molar-refractivity contribution in [2.45, 2.75) is 92.0 Å². The minimum atomic E-state index is -6.29. The Bertz CT molecular complexity index is 2490. The van der Waals surface area contributed by atoms with E-state index >= 15 is 0 Å². The van der Waals surface area contributed by atoms with Crippen LogP contribution in [0, 0.1) is 0 Å². The second-order valence-corrected chi connectivity index (χ2v) is 20.3. The van der Waals surface area contributed by atoms with Gasteiger partial charge in [0, 0.05) is 6.54 Å². The van der Waals surface area contributed by atoms with Crippen LogP contribution in [-0.2, 0) is 122 Å². The molecule has 3 aliphatic rings. The van der Waals surface area contributed by atoms with Gasteiger partial charge in [0.2, 0.25) is 41.6 Å². The maximum Gasteiger partial charge on any atom is 0.218 e. The predicted octanol–water partition coefficient (Wildman–Crippen LogP) is -13.7. The van der Waals surface area contributed by atoms with Crippen LogP contribution in [0.3, 0.4) is 0 Å². The van der Waals surface area contributed by atoms with Crippen molar-refractivity contribution in [3.63, 3.8) is 0 Å². The molecule has 39 nitrogen and oxygen atoms in total. The van der Waals surface area contributed by atoms with Gasteiger partial charge in [-0.25, -0.2) is 73.1 Å². The van der Waals surface area contributed by atoms with Gasteiger partial charge in [-0.2, -0.15) is 0 Å². The Kier molecular flexibility index (Phi) is 19.6. The largest absolute Gasteiger partial charge is 0.735 e. The lowest BCUT2D eigenvalue weighted by molar-refractivity contribution is -0.380. The topological polar surface area (TPSA) is 630 Å². The highest BCUT2D eigenvalue weighted by Gasteiger charge is 2.56. The summed E-state index contributed by atoms with van der Waals surface area (Å²) in [5.41, 5.74) is 0. The van der Waals surface area contributed by atoms with Gasteiger partial charge in [-0.1, -0.05) is 0 Å². The van der Waals surface area contributed by atoms with Gasteiger partial charge in [0.25, 0.3) is 0 Å². The third-order valence-electron chi connectivity index (χ3n) is 8.11. The minimum Gasteiger partial charge on any atom is -0.735 e. The molecule has 3 rings (SSSR count). The lowest BCUT2D eigenvalue weighted by atomic mass is 9.95. The van der Waals surface area contributed by atoms with Crippen LogP contribution in [0.25, 0.3) is 0 Å². The van der Waals surface area contributed by atoms with Gasteiger partial charge in [0.15, 0.2) is 49.8 Å². The van der Waals surface area contributed by atoms with E-state index in [-0.39, 0.29) is 0 Å². The van der Waals surface area contributed by atoms with E-state index in [1.165, 1.54) is 4.72 Å². The van der Waals surface area contributed by atoms with Crippen LogP contribution in [-0.4, -0.2) is 230 Å². The first-order valence-electron chi connectivity index (χ1n) is 16.4. The van der Waals surface area contributed by atoms with Gasteiger partial charge >= 0.3 is 0 Å². The van der Waals surface area contributed by atoms with E-state index in [2.05, 4.69) is 16.7 Å². The first kappa shape index (κ1) is 58.5. The van der Waals surface area contributed by atoms with Crippen LogP contribution in [0.15, 0.2) is 0 Å². The number of hydrogen-bond donors (Lipinski definition) is 6.